The summed E-state index contributed by atoms with van der Waals surface area (Å²) in [6.45, 7) is 8.02. The molecule has 0 spiro atoms. The molecule has 2 rings (SSSR count). The van der Waals surface area contributed by atoms with Gasteiger partial charge in [-0.1, -0.05) is 43.6 Å². The molecule has 0 aliphatic heterocycles. The summed E-state index contributed by atoms with van der Waals surface area (Å²) in [5, 5.41) is 13.2. The Kier molecular flexibility index (Phi) is 9.24. The quantitative estimate of drug-likeness (QED) is 0.903. The molecule has 0 aliphatic rings. The van der Waals surface area contributed by atoms with Crippen molar-refractivity contribution in [2.75, 3.05) is 0 Å². The van der Waals surface area contributed by atoms with Crippen molar-refractivity contribution < 1.29 is 5.11 Å². The SMILES string of the molecule is CC.CC.OCc1cc(-n2cccn2)ccc1Br. The Labute approximate surface area is 118 Å². The number of aromatic nitrogens is 2. The van der Waals surface area contributed by atoms with Crippen molar-refractivity contribution in [1.29, 1.82) is 0 Å². The second kappa shape index (κ2) is 9.85. The number of benzene rings is 1. The minimum atomic E-state index is 0.0235. The van der Waals surface area contributed by atoms with E-state index in [0.717, 1.165) is 15.7 Å². The number of hydrogen-bond donors (Lipinski definition) is 1. The standard InChI is InChI=1S/C10H9BrN2O.2C2H6/c11-10-3-2-9(6-8(10)7-14)13-5-1-4-12-13;2*1-2/h1-6,14H,7H2;2*1-2H3. The third kappa shape index (κ3) is 4.63. The highest BCUT2D eigenvalue weighted by Gasteiger charge is 2.01. The maximum atomic E-state index is 9.08. The van der Waals surface area contributed by atoms with Crippen molar-refractivity contribution >= 4 is 15.9 Å². The molecule has 2 aromatic rings. The molecule has 1 heterocycles. The number of aliphatic hydroxyl groups excluding tert-OH is 1. The van der Waals surface area contributed by atoms with Gasteiger partial charge < -0.3 is 5.11 Å². The Morgan fingerprint density at radius 3 is 2.39 bits per heavy atom. The smallest absolute Gasteiger partial charge is 0.0693 e. The van der Waals surface area contributed by atoms with Crippen molar-refractivity contribution in [1.82, 2.24) is 9.78 Å². The Bertz CT molecular complexity index is 427. The highest BCUT2D eigenvalue weighted by molar-refractivity contribution is 9.10. The van der Waals surface area contributed by atoms with Gasteiger partial charge in [0.2, 0.25) is 0 Å². The van der Waals surface area contributed by atoms with E-state index in [-0.39, 0.29) is 6.61 Å². The first-order chi connectivity index (χ1) is 8.81. The molecule has 0 amide bonds. The molecule has 100 valence electrons. The molecular weight excluding hydrogens is 292 g/mol. The monoisotopic (exact) mass is 312 g/mol. The van der Waals surface area contributed by atoms with E-state index < -0.39 is 0 Å². The molecule has 1 N–H and O–H groups in total. The Morgan fingerprint density at radius 1 is 1.22 bits per heavy atom. The average molecular weight is 313 g/mol. The third-order valence-electron chi connectivity index (χ3n) is 1.97. The van der Waals surface area contributed by atoms with Crippen molar-refractivity contribution in [2.45, 2.75) is 34.3 Å². The molecule has 1 aromatic heterocycles. The number of hydrogen-bond acceptors (Lipinski definition) is 2. The molecule has 0 atom stereocenters. The van der Waals surface area contributed by atoms with Gasteiger partial charge >= 0.3 is 0 Å². The van der Waals surface area contributed by atoms with E-state index >= 15 is 0 Å². The minimum absolute atomic E-state index is 0.0235. The minimum Gasteiger partial charge on any atom is -0.392 e. The lowest BCUT2D eigenvalue weighted by Gasteiger charge is -2.05. The average Bonchev–Trinajstić information content (AvgIpc) is 2.98. The molecule has 0 saturated heterocycles. The molecule has 0 fully saturated rings. The molecule has 0 bridgehead atoms. The maximum Gasteiger partial charge on any atom is 0.0693 e. The molecule has 3 nitrogen and oxygen atoms in total. The van der Waals surface area contributed by atoms with E-state index in [1.165, 1.54) is 0 Å². The van der Waals surface area contributed by atoms with E-state index in [4.69, 9.17) is 5.11 Å². The summed E-state index contributed by atoms with van der Waals surface area (Å²) in [6.07, 6.45) is 3.59. The van der Waals surface area contributed by atoms with Gasteiger partial charge in [0.25, 0.3) is 0 Å². The number of rotatable bonds is 2. The first-order valence-corrected chi connectivity index (χ1v) is 7.00. The van der Waals surface area contributed by atoms with Gasteiger partial charge in [0, 0.05) is 16.9 Å². The summed E-state index contributed by atoms with van der Waals surface area (Å²) in [4.78, 5) is 0. The van der Waals surface area contributed by atoms with Crippen LogP contribution < -0.4 is 0 Å². The van der Waals surface area contributed by atoms with Crippen LogP contribution in [-0.4, -0.2) is 14.9 Å². The van der Waals surface area contributed by atoms with Crippen molar-refractivity contribution in [3.63, 3.8) is 0 Å². The second-order valence-electron chi connectivity index (χ2n) is 2.88. The highest BCUT2D eigenvalue weighted by atomic mass is 79.9. The van der Waals surface area contributed by atoms with Crippen LogP contribution in [0, 0.1) is 0 Å². The molecule has 0 radical (unpaired) electrons. The van der Waals surface area contributed by atoms with Gasteiger partial charge in [-0.25, -0.2) is 4.68 Å². The van der Waals surface area contributed by atoms with Crippen molar-refractivity contribution in [3.8, 4) is 5.69 Å². The lowest BCUT2D eigenvalue weighted by Crippen LogP contribution is -1.96. The van der Waals surface area contributed by atoms with Crippen molar-refractivity contribution in [3.05, 3.63) is 46.7 Å². The molecule has 4 heteroatoms. The third-order valence-corrected chi connectivity index (χ3v) is 2.74. The van der Waals surface area contributed by atoms with E-state index in [9.17, 15) is 0 Å². The molecule has 0 saturated carbocycles. The van der Waals surface area contributed by atoms with Gasteiger partial charge in [0.15, 0.2) is 0 Å². The van der Waals surface area contributed by atoms with Crippen LogP contribution in [0.5, 0.6) is 0 Å². The number of aliphatic hydroxyl groups is 1. The predicted octanol–water partition coefficient (Wildman–Crippen LogP) is 4.18. The normalized spacial score (nSPS) is 8.78. The van der Waals surface area contributed by atoms with Crippen LogP contribution in [0.3, 0.4) is 0 Å². The fourth-order valence-corrected chi connectivity index (χ4v) is 1.62. The Morgan fingerprint density at radius 2 is 1.89 bits per heavy atom. The fourth-order valence-electron chi connectivity index (χ4n) is 1.25. The first-order valence-electron chi connectivity index (χ1n) is 6.20. The first kappa shape index (κ1) is 16.9. The van der Waals surface area contributed by atoms with E-state index in [0.29, 0.717) is 0 Å². The van der Waals surface area contributed by atoms with Crippen LogP contribution >= 0.6 is 15.9 Å². The summed E-state index contributed by atoms with van der Waals surface area (Å²) >= 11 is 3.36. The summed E-state index contributed by atoms with van der Waals surface area (Å²) in [6, 6.07) is 7.61. The van der Waals surface area contributed by atoms with E-state index in [1.807, 2.05) is 58.2 Å². The highest BCUT2D eigenvalue weighted by Crippen LogP contribution is 2.19. The molecule has 0 aliphatic carbocycles. The van der Waals surface area contributed by atoms with Crippen LogP contribution in [0.15, 0.2) is 41.1 Å². The van der Waals surface area contributed by atoms with Crippen LogP contribution in [0.4, 0.5) is 0 Å². The summed E-state index contributed by atoms with van der Waals surface area (Å²) in [5.74, 6) is 0. The lowest BCUT2D eigenvalue weighted by atomic mass is 10.2. The number of halogens is 1. The van der Waals surface area contributed by atoms with Crippen LogP contribution in [0.1, 0.15) is 33.3 Å². The summed E-state index contributed by atoms with van der Waals surface area (Å²) in [7, 11) is 0. The van der Waals surface area contributed by atoms with E-state index in [1.54, 1.807) is 10.9 Å². The second-order valence-corrected chi connectivity index (χ2v) is 3.74. The zero-order chi connectivity index (χ0) is 14.0. The Hall–Kier alpha value is -1.13. The predicted molar refractivity (Wildman–Crippen MR) is 79.9 cm³/mol. The van der Waals surface area contributed by atoms with Gasteiger partial charge in [-0.05, 0) is 29.8 Å². The lowest BCUT2D eigenvalue weighted by molar-refractivity contribution is 0.281. The Balaban J connectivity index is 0.000000659. The van der Waals surface area contributed by atoms with Crippen LogP contribution in [-0.2, 0) is 6.61 Å². The van der Waals surface area contributed by atoms with Gasteiger partial charge in [-0.2, -0.15) is 5.10 Å². The van der Waals surface area contributed by atoms with Crippen LogP contribution in [0.25, 0.3) is 5.69 Å². The number of nitrogens with zero attached hydrogens (tertiary/aromatic N) is 2. The molecule has 0 unspecified atom stereocenters. The fraction of sp³-hybridized carbons (Fsp3) is 0.357. The summed E-state index contributed by atoms with van der Waals surface area (Å²) < 4.78 is 2.67. The topological polar surface area (TPSA) is 38.0 Å². The van der Waals surface area contributed by atoms with Crippen molar-refractivity contribution in [2.24, 2.45) is 0 Å². The van der Waals surface area contributed by atoms with Gasteiger partial charge in [-0.15, -0.1) is 0 Å². The van der Waals surface area contributed by atoms with E-state index in [2.05, 4.69) is 21.0 Å². The molecule has 18 heavy (non-hydrogen) atoms. The van der Waals surface area contributed by atoms with Gasteiger partial charge in [0.05, 0.1) is 12.3 Å². The van der Waals surface area contributed by atoms with Gasteiger partial charge in [0.1, 0.15) is 0 Å². The maximum absolute atomic E-state index is 9.08. The van der Waals surface area contributed by atoms with Gasteiger partial charge in [-0.3, -0.25) is 0 Å². The van der Waals surface area contributed by atoms with Crippen LogP contribution in [0.2, 0.25) is 0 Å². The largest absolute Gasteiger partial charge is 0.392 e. The molecule has 1 aromatic carbocycles. The zero-order valence-electron chi connectivity index (χ0n) is 11.4. The zero-order valence-corrected chi connectivity index (χ0v) is 13.0. The molecular formula is C14H21BrN2O. The summed E-state index contributed by atoms with van der Waals surface area (Å²) in [5.41, 5.74) is 1.81.